The largest absolute Gasteiger partial charge is 0.135 e. The van der Waals surface area contributed by atoms with Gasteiger partial charge >= 0.3 is 0 Å². The normalized spacial score (nSPS) is 12.2. The van der Waals surface area contributed by atoms with Crippen LogP contribution < -0.4 is 0 Å². The summed E-state index contributed by atoms with van der Waals surface area (Å²) in [6.45, 7) is 0. The predicted molar refractivity (Wildman–Crippen MR) is 364 cm³/mol. The molecule has 17 aromatic rings. The van der Waals surface area contributed by atoms with Crippen molar-refractivity contribution in [3.05, 3.63) is 291 Å². The Morgan fingerprint density at radius 1 is 0.190 bits per heavy atom. The van der Waals surface area contributed by atoms with Crippen molar-refractivity contribution in [1.82, 2.24) is 0 Å². The standard InChI is InChI=1S/C82H48S2/c1-3-16-55-44-59(38-32-49(55)14-1)79-66-22-9-5-18-62(66)77(63-19-6-10-23-67(63)79)53-34-28-51(29-35-53)57-40-42-61-72-48-76-81(71-26-13-27-73(82(71)72)83-74(61)46-57)70-43-41-58(47-75(70)84-76)52-30-36-54(37-31-52)78-64-20-7-11-24-68(64)80(69-25-12-8-21-65(69)78)60-39-33-50-15-2-4-17-56(50)45-60/h1-48H. The highest BCUT2D eigenvalue weighted by Gasteiger charge is 2.25. The predicted octanol–water partition coefficient (Wildman–Crippen LogP) is 24.3. The number of fused-ring (bicyclic) bond motifs is 12. The topological polar surface area (TPSA) is 0 Å². The molecule has 0 unspecified atom stereocenters. The molecule has 0 amide bonds. The Bertz CT molecular complexity index is 5510. The van der Waals surface area contributed by atoms with Crippen molar-refractivity contribution in [2.45, 2.75) is 9.79 Å². The molecule has 0 atom stereocenters. The van der Waals surface area contributed by atoms with Crippen molar-refractivity contribution in [3.63, 3.8) is 0 Å². The lowest BCUT2D eigenvalue weighted by Gasteiger charge is -2.22. The van der Waals surface area contributed by atoms with Gasteiger partial charge in [0, 0.05) is 35.3 Å². The molecular formula is C82H48S2. The fourth-order valence-electron chi connectivity index (χ4n) is 14.2. The van der Waals surface area contributed by atoms with Gasteiger partial charge in [0.25, 0.3) is 0 Å². The second-order valence-corrected chi connectivity index (χ2v) is 24.7. The molecule has 2 heteroatoms. The van der Waals surface area contributed by atoms with E-state index >= 15 is 0 Å². The monoisotopic (exact) mass is 1100 g/mol. The molecule has 0 aliphatic carbocycles. The van der Waals surface area contributed by atoms with Gasteiger partial charge in [0.2, 0.25) is 0 Å². The van der Waals surface area contributed by atoms with Crippen LogP contribution in [0.4, 0.5) is 0 Å². The average molecular weight is 1100 g/mol. The lowest BCUT2D eigenvalue weighted by Crippen LogP contribution is -1.94. The zero-order valence-electron chi connectivity index (χ0n) is 45.5. The maximum absolute atomic E-state index is 2.48. The Kier molecular flexibility index (Phi) is 10.6. The van der Waals surface area contributed by atoms with E-state index in [-0.39, 0.29) is 0 Å². The first kappa shape index (κ1) is 47.5. The highest BCUT2D eigenvalue weighted by atomic mass is 32.2. The lowest BCUT2D eigenvalue weighted by atomic mass is 9.85. The molecule has 0 saturated carbocycles. The third-order valence-electron chi connectivity index (χ3n) is 18.0. The Morgan fingerprint density at radius 2 is 0.583 bits per heavy atom. The Hall–Kier alpha value is -10.1. The Balaban J connectivity index is 0.681. The fourth-order valence-corrected chi connectivity index (χ4v) is 16.6. The molecule has 1 aliphatic rings. The Labute approximate surface area is 494 Å². The third kappa shape index (κ3) is 7.34. The van der Waals surface area contributed by atoms with Crippen LogP contribution in [-0.4, -0.2) is 0 Å². The fraction of sp³-hybridized carbons (Fsp3) is 0. The van der Waals surface area contributed by atoms with E-state index in [4.69, 9.17) is 0 Å². The Morgan fingerprint density at radius 3 is 1.08 bits per heavy atom. The maximum atomic E-state index is 2.48. The molecule has 16 aromatic carbocycles. The molecule has 84 heavy (non-hydrogen) atoms. The van der Waals surface area contributed by atoms with Crippen LogP contribution in [0.5, 0.6) is 0 Å². The summed E-state index contributed by atoms with van der Waals surface area (Å²) in [6.07, 6.45) is 0. The summed E-state index contributed by atoms with van der Waals surface area (Å²) in [5.74, 6) is 0. The number of hydrogen-bond acceptors (Lipinski definition) is 2. The van der Waals surface area contributed by atoms with E-state index in [1.165, 1.54) is 183 Å². The van der Waals surface area contributed by atoms with Crippen LogP contribution in [0.15, 0.2) is 301 Å². The average Bonchev–Trinajstić information content (AvgIpc) is 3.23. The second kappa shape index (κ2) is 18.7. The molecule has 0 radical (unpaired) electrons. The second-order valence-electron chi connectivity index (χ2n) is 22.6. The number of hydrogen-bond donors (Lipinski definition) is 0. The van der Waals surface area contributed by atoms with Gasteiger partial charge in [-0.1, -0.05) is 267 Å². The van der Waals surface area contributed by atoms with Crippen LogP contribution >= 0.6 is 23.1 Å². The minimum Gasteiger partial charge on any atom is -0.135 e. The van der Waals surface area contributed by atoms with Crippen LogP contribution in [0.1, 0.15) is 0 Å². The summed E-state index contributed by atoms with van der Waals surface area (Å²) in [7, 11) is 0. The minimum absolute atomic E-state index is 1.21. The summed E-state index contributed by atoms with van der Waals surface area (Å²) in [5, 5.41) is 20.5. The highest BCUT2D eigenvalue weighted by molar-refractivity contribution is 7.99. The molecule has 0 saturated heterocycles. The summed E-state index contributed by atoms with van der Waals surface area (Å²) in [5.41, 5.74) is 17.6. The summed E-state index contributed by atoms with van der Waals surface area (Å²) in [4.78, 5) is 2.61. The van der Waals surface area contributed by atoms with Gasteiger partial charge in [0.05, 0.1) is 0 Å². The van der Waals surface area contributed by atoms with E-state index in [9.17, 15) is 0 Å². The molecule has 1 aliphatic heterocycles. The van der Waals surface area contributed by atoms with Crippen molar-refractivity contribution < 1.29 is 0 Å². The summed E-state index contributed by atoms with van der Waals surface area (Å²) < 4.78 is 2.63. The molecule has 388 valence electrons. The van der Waals surface area contributed by atoms with Gasteiger partial charge < -0.3 is 0 Å². The molecule has 0 fully saturated rings. The number of rotatable bonds is 6. The molecule has 0 bridgehead atoms. The van der Waals surface area contributed by atoms with Gasteiger partial charge in [0.15, 0.2) is 0 Å². The summed E-state index contributed by atoms with van der Waals surface area (Å²) >= 11 is 3.82. The maximum Gasteiger partial charge on any atom is 0.0368 e. The minimum atomic E-state index is 1.21. The smallest absolute Gasteiger partial charge is 0.0368 e. The number of benzene rings is 16. The number of thiophene rings is 1. The van der Waals surface area contributed by atoms with E-state index in [1.807, 2.05) is 23.1 Å². The van der Waals surface area contributed by atoms with Crippen LogP contribution in [-0.2, 0) is 0 Å². The first-order chi connectivity index (χ1) is 41.6. The van der Waals surface area contributed by atoms with Gasteiger partial charge in [-0.3, -0.25) is 0 Å². The summed E-state index contributed by atoms with van der Waals surface area (Å²) in [6, 6.07) is 109. The molecule has 1 aromatic heterocycles. The van der Waals surface area contributed by atoms with Crippen LogP contribution in [0, 0.1) is 0 Å². The van der Waals surface area contributed by atoms with Crippen LogP contribution in [0.25, 0.3) is 173 Å². The van der Waals surface area contributed by atoms with E-state index in [0.29, 0.717) is 0 Å². The van der Waals surface area contributed by atoms with Gasteiger partial charge in [-0.05, 0) is 184 Å². The van der Waals surface area contributed by atoms with E-state index in [0.717, 1.165) is 0 Å². The molecule has 18 rings (SSSR count). The van der Waals surface area contributed by atoms with E-state index in [1.54, 1.807) is 0 Å². The molecule has 2 heterocycles. The third-order valence-corrected chi connectivity index (χ3v) is 20.2. The zero-order valence-corrected chi connectivity index (χ0v) is 47.2. The van der Waals surface area contributed by atoms with Gasteiger partial charge in [-0.2, -0.15) is 0 Å². The van der Waals surface area contributed by atoms with Gasteiger partial charge in [-0.15, -0.1) is 11.3 Å². The zero-order chi connectivity index (χ0) is 55.0. The van der Waals surface area contributed by atoms with Gasteiger partial charge in [-0.25, -0.2) is 0 Å². The lowest BCUT2D eigenvalue weighted by molar-refractivity contribution is 1.40. The van der Waals surface area contributed by atoms with Crippen LogP contribution in [0.3, 0.4) is 0 Å². The van der Waals surface area contributed by atoms with E-state index in [2.05, 4.69) is 291 Å². The molecule has 0 N–H and O–H groups in total. The van der Waals surface area contributed by atoms with Crippen molar-refractivity contribution >= 4 is 119 Å². The van der Waals surface area contributed by atoms with Gasteiger partial charge in [0.1, 0.15) is 0 Å². The van der Waals surface area contributed by atoms with Crippen molar-refractivity contribution in [2.24, 2.45) is 0 Å². The molecular weight excluding hydrogens is 1050 g/mol. The molecule has 0 spiro atoms. The van der Waals surface area contributed by atoms with Crippen molar-refractivity contribution in [1.29, 1.82) is 0 Å². The quantitative estimate of drug-likeness (QED) is 0.150. The highest BCUT2D eigenvalue weighted by Crippen LogP contribution is 2.54. The first-order valence-corrected chi connectivity index (χ1v) is 30.6. The SMILES string of the molecule is c1ccc2cc(-c3c4ccccc4c(-c4ccc(-c5ccc6c(c5)Sc5cccc7c5c-6cc5sc6cc(-c8ccc(-c9c%10ccccc%10c(-c%10ccc%11ccccc%11c%10)c%10ccccc9%10)cc8)ccc6c57)cc4)c4ccccc34)ccc2c1. The van der Waals surface area contributed by atoms with Crippen LogP contribution in [0.2, 0.25) is 0 Å². The molecule has 0 nitrogen and oxygen atoms in total. The van der Waals surface area contributed by atoms with Crippen molar-refractivity contribution in [2.75, 3.05) is 0 Å². The van der Waals surface area contributed by atoms with Crippen molar-refractivity contribution in [3.8, 4) is 77.9 Å². The first-order valence-electron chi connectivity index (χ1n) is 28.9. The van der Waals surface area contributed by atoms with E-state index < -0.39 is 0 Å².